The monoisotopic (exact) mass is 286 g/mol. The predicted molar refractivity (Wildman–Crippen MR) is 77.1 cm³/mol. The number of anilines is 1. The summed E-state index contributed by atoms with van der Waals surface area (Å²) in [7, 11) is 1.49. The first-order valence-electron chi connectivity index (χ1n) is 5.79. The molecule has 0 fully saturated rings. The van der Waals surface area contributed by atoms with Crippen LogP contribution in [0.4, 0.5) is 5.69 Å². The maximum atomic E-state index is 12.2. The van der Waals surface area contributed by atoms with Gasteiger partial charge in [0.15, 0.2) is 0 Å². The average molecular weight is 287 g/mol. The molecule has 0 spiro atoms. The zero-order valence-electron chi connectivity index (χ0n) is 10.7. The molecule has 0 saturated carbocycles. The fourth-order valence-corrected chi connectivity index (χ4v) is 1.86. The second kappa shape index (κ2) is 6.09. The topological polar surface area (TPSA) is 62.1 Å². The van der Waals surface area contributed by atoms with Crippen molar-refractivity contribution in [3.63, 3.8) is 0 Å². The van der Waals surface area contributed by atoms with Gasteiger partial charge in [-0.25, -0.2) is 0 Å². The van der Waals surface area contributed by atoms with Crippen LogP contribution in [0, 0.1) is 11.3 Å². The van der Waals surface area contributed by atoms with Crippen molar-refractivity contribution in [2.75, 3.05) is 12.4 Å². The second-order valence-corrected chi connectivity index (χ2v) is 4.42. The van der Waals surface area contributed by atoms with Gasteiger partial charge in [-0.2, -0.15) is 5.26 Å². The first kappa shape index (κ1) is 13.9. The molecule has 0 bridgehead atoms. The number of nitriles is 1. The van der Waals surface area contributed by atoms with Crippen LogP contribution >= 0.6 is 11.6 Å². The fraction of sp³-hybridized carbons (Fsp3) is 0.0667. The van der Waals surface area contributed by atoms with E-state index in [1.54, 1.807) is 42.5 Å². The fourth-order valence-electron chi connectivity index (χ4n) is 1.68. The quantitative estimate of drug-likeness (QED) is 0.939. The molecule has 5 heteroatoms. The molecule has 1 amide bonds. The average Bonchev–Trinajstić information content (AvgIpc) is 2.48. The van der Waals surface area contributed by atoms with Crippen LogP contribution in [0.3, 0.4) is 0 Å². The molecule has 0 aromatic heterocycles. The van der Waals surface area contributed by atoms with Gasteiger partial charge in [-0.1, -0.05) is 11.6 Å². The first-order valence-corrected chi connectivity index (χ1v) is 6.17. The highest BCUT2D eigenvalue weighted by Crippen LogP contribution is 2.23. The maximum Gasteiger partial charge on any atom is 0.259 e. The summed E-state index contributed by atoms with van der Waals surface area (Å²) in [4.78, 5) is 12.2. The lowest BCUT2D eigenvalue weighted by molar-refractivity contribution is 0.102. The summed E-state index contributed by atoms with van der Waals surface area (Å²) in [5, 5.41) is 11.9. The van der Waals surface area contributed by atoms with Gasteiger partial charge in [-0.15, -0.1) is 0 Å². The van der Waals surface area contributed by atoms with Gasteiger partial charge in [0.25, 0.3) is 5.91 Å². The van der Waals surface area contributed by atoms with E-state index in [-0.39, 0.29) is 5.91 Å². The lowest BCUT2D eigenvalue weighted by atomic mass is 10.1. The van der Waals surface area contributed by atoms with E-state index in [0.29, 0.717) is 27.6 Å². The van der Waals surface area contributed by atoms with Gasteiger partial charge in [-0.3, -0.25) is 4.79 Å². The van der Waals surface area contributed by atoms with E-state index >= 15 is 0 Å². The second-order valence-electron chi connectivity index (χ2n) is 3.99. The van der Waals surface area contributed by atoms with Crippen LogP contribution in [-0.4, -0.2) is 13.0 Å². The number of hydrogen-bond acceptors (Lipinski definition) is 3. The third-order valence-corrected chi connectivity index (χ3v) is 2.91. The SMILES string of the molecule is COc1ccc(Cl)cc1C(=O)Nc1ccc(C#N)cc1. The van der Waals surface area contributed by atoms with Crippen molar-refractivity contribution in [1.82, 2.24) is 0 Å². The number of nitrogens with zero attached hydrogens (tertiary/aromatic N) is 1. The van der Waals surface area contributed by atoms with Crippen LogP contribution in [0.1, 0.15) is 15.9 Å². The van der Waals surface area contributed by atoms with Crippen LogP contribution in [0.15, 0.2) is 42.5 Å². The Morgan fingerprint density at radius 3 is 2.55 bits per heavy atom. The molecule has 0 aliphatic heterocycles. The van der Waals surface area contributed by atoms with Gasteiger partial charge in [0.2, 0.25) is 0 Å². The summed E-state index contributed by atoms with van der Waals surface area (Å²) in [6, 6.07) is 13.4. The van der Waals surface area contributed by atoms with E-state index in [0.717, 1.165) is 0 Å². The standard InChI is InChI=1S/C15H11ClN2O2/c1-20-14-7-4-11(16)8-13(14)15(19)18-12-5-2-10(9-17)3-6-12/h2-8H,1H3,(H,18,19). The summed E-state index contributed by atoms with van der Waals surface area (Å²) in [5.41, 5.74) is 1.48. The summed E-state index contributed by atoms with van der Waals surface area (Å²) >= 11 is 5.89. The van der Waals surface area contributed by atoms with Crippen molar-refractivity contribution >= 4 is 23.2 Å². The number of carbonyl (C=O) groups excluding carboxylic acids is 1. The van der Waals surface area contributed by atoms with Crippen molar-refractivity contribution < 1.29 is 9.53 Å². The van der Waals surface area contributed by atoms with Gasteiger partial charge >= 0.3 is 0 Å². The number of ether oxygens (including phenoxy) is 1. The van der Waals surface area contributed by atoms with E-state index in [1.165, 1.54) is 7.11 Å². The Bertz CT molecular complexity index is 675. The van der Waals surface area contributed by atoms with Gasteiger partial charge in [0.05, 0.1) is 24.3 Å². The largest absolute Gasteiger partial charge is 0.496 e. The first-order chi connectivity index (χ1) is 9.63. The Labute approximate surface area is 121 Å². The smallest absolute Gasteiger partial charge is 0.259 e. The molecule has 2 rings (SSSR count). The number of carbonyl (C=O) groups is 1. The molecule has 0 aliphatic carbocycles. The number of halogens is 1. The van der Waals surface area contributed by atoms with Gasteiger partial charge in [0, 0.05) is 10.7 Å². The van der Waals surface area contributed by atoms with Gasteiger partial charge in [0.1, 0.15) is 5.75 Å². The lowest BCUT2D eigenvalue weighted by Gasteiger charge is -2.09. The summed E-state index contributed by atoms with van der Waals surface area (Å²) in [6.45, 7) is 0. The number of hydrogen-bond donors (Lipinski definition) is 1. The van der Waals surface area contributed by atoms with Crippen LogP contribution in [0.5, 0.6) is 5.75 Å². The predicted octanol–water partition coefficient (Wildman–Crippen LogP) is 3.47. The Morgan fingerprint density at radius 1 is 1.25 bits per heavy atom. The van der Waals surface area contributed by atoms with Crippen LogP contribution in [-0.2, 0) is 0 Å². The zero-order valence-corrected chi connectivity index (χ0v) is 11.4. The number of methoxy groups -OCH3 is 1. The molecule has 0 unspecified atom stereocenters. The molecule has 0 atom stereocenters. The summed E-state index contributed by atoms with van der Waals surface area (Å²) < 4.78 is 5.13. The molecule has 2 aromatic carbocycles. The van der Waals surface area contributed by atoms with Crippen molar-refractivity contribution in [2.24, 2.45) is 0 Å². The Hall–Kier alpha value is -2.51. The minimum absolute atomic E-state index is 0.325. The highest BCUT2D eigenvalue weighted by atomic mass is 35.5. The van der Waals surface area contributed by atoms with Crippen molar-refractivity contribution in [3.05, 3.63) is 58.6 Å². The number of amides is 1. The minimum Gasteiger partial charge on any atom is -0.496 e. The van der Waals surface area contributed by atoms with Crippen LogP contribution in [0.25, 0.3) is 0 Å². The molecule has 1 N–H and O–H groups in total. The molecule has 0 radical (unpaired) electrons. The van der Waals surface area contributed by atoms with E-state index in [1.807, 2.05) is 6.07 Å². The van der Waals surface area contributed by atoms with E-state index < -0.39 is 0 Å². The third kappa shape index (κ3) is 3.08. The van der Waals surface area contributed by atoms with E-state index in [4.69, 9.17) is 21.6 Å². The zero-order chi connectivity index (χ0) is 14.5. The van der Waals surface area contributed by atoms with Crippen molar-refractivity contribution in [1.29, 1.82) is 5.26 Å². The van der Waals surface area contributed by atoms with E-state index in [2.05, 4.69) is 5.32 Å². The maximum absolute atomic E-state index is 12.2. The molecule has 0 saturated heterocycles. The molecule has 2 aromatic rings. The molecule has 4 nitrogen and oxygen atoms in total. The molecule has 0 aliphatic rings. The number of nitrogens with one attached hydrogen (secondary N) is 1. The van der Waals surface area contributed by atoms with Gasteiger partial charge in [-0.05, 0) is 42.5 Å². The van der Waals surface area contributed by atoms with Crippen molar-refractivity contribution in [2.45, 2.75) is 0 Å². The molecule has 100 valence electrons. The lowest BCUT2D eigenvalue weighted by Crippen LogP contribution is -2.13. The van der Waals surface area contributed by atoms with Crippen LogP contribution in [0.2, 0.25) is 5.02 Å². The van der Waals surface area contributed by atoms with Crippen molar-refractivity contribution in [3.8, 4) is 11.8 Å². The normalized spacial score (nSPS) is 9.65. The highest BCUT2D eigenvalue weighted by molar-refractivity contribution is 6.31. The number of rotatable bonds is 3. The Kier molecular flexibility index (Phi) is 4.24. The van der Waals surface area contributed by atoms with E-state index in [9.17, 15) is 4.79 Å². The van der Waals surface area contributed by atoms with Gasteiger partial charge < -0.3 is 10.1 Å². The highest BCUT2D eigenvalue weighted by Gasteiger charge is 2.13. The number of benzene rings is 2. The summed E-state index contributed by atoms with van der Waals surface area (Å²) in [6.07, 6.45) is 0. The molecular formula is C15H11ClN2O2. The summed E-state index contributed by atoms with van der Waals surface area (Å²) in [5.74, 6) is 0.120. The molecular weight excluding hydrogens is 276 g/mol. The minimum atomic E-state index is -0.325. The Balaban J connectivity index is 2.23. The molecule has 0 heterocycles. The molecule has 20 heavy (non-hydrogen) atoms. The third-order valence-electron chi connectivity index (χ3n) is 2.68. The Morgan fingerprint density at radius 2 is 1.95 bits per heavy atom. The van der Waals surface area contributed by atoms with Crippen LogP contribution < -0.4 is 10.1 Å².